The van der Waals surface area contributed by atoms with Gasteiger partial charge in [0.15, 0.2) is 0 Å². The summed E-state index contributed by atoms with van der Waals surface area (Å²) >= 11 is 1.70. The molecule has 2 heterocycles. The Kier molecular flexibility index (Phi) is 3.47. The SMILES string of the molecule is C(/C=C/c1nc2ccccc2s1)=C\c1ccncc1. The molecule has 0 aliphatic heterocycles. The van der Waals surface area contributed by atoms with E-state index in [0.717, 1.165) is 16.1 Å². The molecule has 0 spiro atoms. The fourth-order valence-corrected chi connectivity index (χ4v) is 2.62. The lowest BCUT2D eigenvalue weighted by Gasteiger charge is -1.87. The maximum atomic E-state index is 4.55. The predicted molar refractivity (Wildman–Crippen MR) is 81.9 cm³/mol. The molecule has 92 valence electrons. The van der Waals surface area contributed by atoms with E-state index in [1.54, 1.807) is 23.7 Å². The van der Waals surface area contributed by atoms with Gasteiger partial charge in [0.2, 0.25) is 0 Å². The monoisotopic (exact) mass is 264 g/mol. The molecule has 0 aliphatic rings. The molecule has 0 N–H and O–H groups in total. The van der Waals surface area contributed by atoms with Crippen molar-refractivity contribution in [3.63, 3.8) is 0 Å². The van der Waals surface area contributed by atoms with Gasteiger partial charge in [0.05, 0.1) is 10.2 Å². The van der Waals surface area contributed by atoms with Gasteiger partial charge in [-0.2, -0.15) is 0 Å². The van der Waals surface area contributed by atoms with E-state index in [4.69, 9.17) is 0 Å². The summed E-state index contributed by atoms with van der Waals surface area (Å²) in [6.07, 6.45) is 11.7. The zero-order valence-electron chi connectivity index (χ0n) is 10.2. The van der Waals surface area contributed by atoms with Crippen molar-refractivity contribution in [2.45, 2.75) is 0 Å². The fraction of sp³-hybridized carbons (Fsp3) is 0. The molecule has 0 saturated heterocycles. The lowest BCUT2D eigenvalue weighted by atomic mass is 10.2. The predicted octanol–water partition coefficient (Wildman–Crippen LogP) is 4.42. The van der Waals surface area contributed by atoms with E-state index in [-0.39, 0.29) is 0 Å². The number of thiazole rings is 1. The Morgan fingerprint density at radius 1 is 0.895 bits per heavy atom. The van der Waals surface area contributed by atoms with Gasteiger partial charge in [0.25, 0.3) is 0 Å². The number of allylic oxidation sites excluding steroid dienone is 2. The molecule has 0 amide bonds. The molecule has 3 rings (SSSR count). The van der Waals surface area contributed by atoms with E-state index in [2.05, 4.69) is 16.0 Å². The van der Waals surface area contributed by atoms with Gasteiger partial charge in [0.1, 0.15) is 5.01 Å². The summed E-state index contributed by atoms with van der Waals surface area (Å²) in [5, 5.41) is 1.03. The van der Waals surface area contributed by atoms with Crippen LogP contribution in [0.3, 0.4) is 0 Å². The Morgan fingerprint density at radius 2 is 1.68 bits per heavy atom. The van der Waals surface area contributed by atoms with E-state index in [1.165, 1.54) is 4.70 Å². The molecule has 2 aromatic heterocycles. The van der Waals surface area contributed by atoms with Crippen molar-refractivity contribution in [1.82, 2.24) is 9.97 Å². The Hall–Kier alpha value is -2.26. The Labute approximate surface area is 115 Å². The third-order valence-corrected chi connectivity index (χ3v) is 3.66. The third kappa shape index (κ3) is 2.95. The average molecular weight is 264 g/mol. The summed E-state index contributed by atoms with van der Waals surface area (Å²) in [4.78, 5) is 8.53. The summed E-state index contributed by atoms with van der Waals surface area (Å²) in [6, 6.07) is 12.1. The second-order valence-electron chi connectivity index (χ2n) is 4.02. The van der Waals surface area contributed by atoms with Gasteiger partial charge in [-0.05, 0) is 35.9 Å². The number of fused-ring (bicyclic) bond motifs is 1. The van der Waals surface area contributed by atoms with Crippen LogP contribution in [0.15, 0.2) is 60.9 Å². The summed E-state index contributed by atoms with van der Waals surface area (Å²) < 4.78 is 1.22. The zero-order valence-corrected chi connectivity index (χ0v) is 11.0. The van der Waals surface area contributed by atoms with Crippen LogP contribution in [0, 0.1) is 0 Å². The molecule has 3 heteroatoms. The van der Waals surface area contributed by atoms with Gasteiger partial charge in [-0.3, -0.25) is 4.98 Å². The summed E-state index contributed by atoms with van der Waals surface area (Å²) in [6.45, 7) is 0. The molecule has 0 bridgehead atoms. The van der Waals surface area contributed by atoms with Crippen LogP contribution in [0.2, 0.25) is 0 Å². The summed E-state index contributed by atoms with van der Waals surface area (Å²) in [5.74, 6) is 0. The van der Waals surface area contributed by atoms with Crippen molar-refractivity contribution in [1.29, 1.82) is 0 Å². The van der Waals surface area contributed by atoms with Gasteiger partial charge in [0, 0.05) is 12.4 Å². The molecule has 2 nitrogen and oxygen atoms in total. The minimum absolute atomic E-state index is 1.03. The molecule has 19 heavy (non-hydrogen) atoms. The van der Waals surface area contributed by atoms with Crippen molar-refractivity contribution >= 4 is 33.7 Å². The second-order valence-corrected chi connectivity index (χ2v) is 5.08. The quantitative estimate of drug-likeness (QED) is 0.654. The van der Waals surface area contributed by atoms with E-state index >= 15 is 0 Å². The van der Waals surface area contributed by atoms with Gasteiger partial charge >= 0.3 is 0 Å². The van der Waals surface area contributed by atoms with Gasteiger partial charge in [-0.15, -0.1) is 11.3 Å². The first-order valence-electron chi connectivity index (χ1n) is 6.02. The van der Waals surface area contributed by atoms with E-state index in [1.807, 2.05) is 54.6 Å². The number of hydrogen-bond donors (Lipinski definition) is 0. The number of rotatable bonds is 3. The minimum Gasteiger partial charge on any atom is -0.265 e. The van der Waals surface area contributed by atoms with Crippen molar-refractivity contribution in [3.8, 4) is 0 Å². The van der Waals surface area contributed by atoms with Crippen molar-refractivity contribution in [2.75, 3.05) is 0 Å². The molecule has 0 aliphatic carbocycles. The number of nitrogens with zero attached hydrogens (tertiary/aromatic N) is 2. The molecule has 0 atom stereocenters. The van der Waals surface area contributed by atoms with Crippen molar-refractivity contribution in [2.24, 2.45) is 0 Å². The van der Waals surface area contributed by atoms with Gasteiger partial charge < -0.3 is 0 Å². The highest BCUT2D eigenvalue weighted by Gasteiger charge is 1.98. The minimum atomic E-state index is 1.03. The normalized spacial score (nSPS) is 11.8. The first-order chi connectivity index (χ1) is 9.42. The van der Waals surface area contributed by atoms with E-state index in [9.17, 15) is 0 Å². The van der Waals surface area contributed by atoms with Crippen LogP contribution in [-0.2, 0) is 0 Å². The smallest absolute Gasteiger partial charge is 0.117 e. The van der Waals surface area contributed by atoms with Crippen LogP contribution in [0.25, 0.3) is 22.4 Å². The number of benzene rings is 1. The number of hydrogen-bond acceptors (Lipinski definition) is 3. The maximum absolute atomic E-state index is 4.55. The van der Waals surface area contributed by atoms with Crippen molar-refractivity contribution in [3.05, 3.63) is 71.5 Å². The number of para-hydroxylation sites is 1. The van der Waals surface area contributed by atoms with Crippen molar-refractivity contribution < 1.29 is 0 Å². The molecular formula is C16H12N2S. The first-order valence-corrected chi connectivity index (χ1v) is 6.84. The summed E-state index contributed by atoms with van der Waals surface area (Å²) in [5.41, 5.74) is 2.20. The third-order valence-electron chi connectivity index (χ3n) is 2.66. The summed E-state index contributed by atoms with van der Waals surface area (Å²) in [7, 11) is 0. The molecular weight excluding hydrogens is 252 g/mol. The Balaban J connectivity index is 1.74. The second kappa shape index (κ2) is 5.59. The number of aromatic nitrogens is 2. The topological polar surface area (TPSA) is 25.8 Å². The van der Waals surface area contributed by atoms with Gasteiger partial charge in [-0.1, -0.05) is 30.4 Å². The van der Waals surface area contributed by atoms with Crippen LogP contribution in [0.1, 0.15) is 10.6 Å². The largest absolute Gasteiger partial charge is 0.265 e. The highest BCUT2D eigenvalue weighted by atomic mass is 32.1. The first kappa shape index (κ1) is 11.8. The Morgan fingerprint density at radius 3 is 2.53 bits per heavy atom. The van der Waals surface area contributed by atoms with E-state index < -0.39 is 0 Å². The molecule has 1 aromatic carbocycles. The lowest BCUT2D eigenvalue weighted by Crippen LogP contribution is -1.71. The van der Waals surface area contributed by atoms with Crippen LogP contribution in [0.5, 0.6) is 0 Å². The fourth-order valence-electron chi connectivity index (χ4n) is 1.74. The lowest BCUT2D eigenvalue weighted by molar-refractivity contribution is 1.32. The molecule has 0 fully saturated rings. The average Bonchev–Trinajstić information content (AvgIpc) is 2.87. The van der Waals surface area contributed by atoms with Crippen LogP contribution < -0.4 is 0 Å². The Bertz CT molecular complexity index is 694. The molecule has 0 unspecified atom stereocenters. The zero-order chi connectivity index (χ0) is 12.9. The van der Waals surface area contributed by atoms with Gasteiger partial charge in [-0.25, -0.2) is 4.98 Å². The van der Waals surface area contributed by atoms with E-state index in [0.29, 0.717) is 0 Å². The highest BCUT2D eigenvalue weighted by Crippen LogP contribution is 2.22. The highest BCUT2D eigenvalue weighted by molar-refractivity contribution is 7.19. The number of pyridine rings is 1. The van der Waals surface area contributed by atoms with Crippen LogP contribution in [-0.4, -0.2) is 9.97 Å². The molecule has 0 radical (unpaired) electrons. The molecule has 0 saturated carbocycles. The molecule has 3 aromatic rings. The van der Waals surface area contributed by atoms with Crippen LogP contribution in [0.4, 0.5) is 0 Å². The van der Waals surface area contributed by atoms with Crippen LogP contribution >= 0.6 is 11.3 Å². The standard InChI is InChI=1S/C16H12N2S/c1(5-13-9-11-17-12-10-13)4-8-16-18-14-6-2-3-7-15(14)19-16/h1-12H/b5-1+,8-4+. The maximum Gasteiger partial charge on any atom is 0.117 e.